The first-order chi connectivity index (χ1) is 11.0. The smallest absolute Gasteiger partial charge is 0.256 e. The molecule has 24 heavy (non-hydrogen) atoms. The van der Waals surface area contributed by atoms with Gasteiger partial charge in [-0.25, -0.2) is 0 Å². The molecule has 1 aliphatic rings. The van der Waals surface area contributed by atoms with Crippen molar-refractivity contribution in [2.45, 2.75) is 39.1 Å². The average Bonchev–Trinajstić information content (AvgIpc) is 2.78. The van der Waals surface area contributed by atoms with Crippen molar-refractivity contribution < 1.29 is 9.22 Å². The van der Waals surface area contributed by atoms with E-state index in [0.29, 0.717) is 5.57 Å². The van der Waals surface area contributed by atoms with Gasteiger partial charge in [0.25, 0.3) is 5.91 Å². The van der Waals surface area contributed by atoms with E-state index in [9.17, 15) is 10.1 Å². The van der Waals surface area contributed by atoms with E-state index in [0.717, 1.165) is 21.3 Å². The van der Waals surface area contributed by atoms with E-state index >= 15 is 0 Å². The molecule has 0 radical (unpaired) electrons. The summed E-state index contributed by atoms with van der Waals surface area (Å²) in [4.78, 5) is 12.3. The van der Waals surface area contributed by atoms with Crippen molar-refractivity contribution in [1.82, 2.24) is 0 Å². The lowest BCUT2D eigenvalue weighted by molar-refractivity contribution is -0.110. The summed E-state index contributed by atoms with van der Waals surface area (Å²) in [5.74, 6) is -0.130. The van der Waals surface area contributed by atoms with Gasteiger partial charge < -0.3 is 9.74 Å². The molecule has 2 rings (SSSR count). The molecule has 1 aromatic rings. The maximum Gasteiger partial charge on any atom is 0.256 e. The fourth-order valence-electron chi connectivity index (χ4n) is 2.63. The van der Waals surface area contributed by atoms with Crippen LogP contribution < -0.4 is 5.32 Å². The Hall–Kier alpha value is -1.68. The molecule has 1 heterocycles. The molecule has 6 heteroatoms. The molecule has 126 valence electrons. The SMILES string of the molecule is CC(/C=C/[C@@](C)(C#N)O[Si](C)(C)C)=C1/C(=O)Nc2ccc(Br)cc21. The standard InChI is InChI=1S/C18H21BrN2O2Si/c1-12(8-9-18(2,11-20)23-24(3,4)5)16-14-10-13(19)6-7-15(14)21-17(16)22/h6-10H,1-5H3,(H,21,22)/b9-8+,16-12-/t18-/m0/s1. The number of carbonyl (C=O) groups is 1. The normalized spacial score (nSPS) is 18.8. The summed E-state index contributed by atoms with van der Waals surface area (Å²) in [5.41, 5.74) is 2.08. The van der Waals surface area contributed by atoms with Gasteiger partial charge in [0, 0.05) is 15.7 Å². The molecule has 0 fully saturated rings. The van der Waals surface area contributed by atoms with Crippen molar-refractivity contribution in [2.24, 2.45) is 0 Å². The Labute approximate surface area is 152 Å². The first kappa shape index (κ1) is 18.7. The topological polar surface area (TPSA) is 62.1 Å². The van der Waals surface area contributed by atoms with Crippen molar-refractivity contribution in [2.75, 3.05) is 5.32 Å². The lowest BCUT2D eigenvalue weighted by Crippen LogP contribution is -2.38. The molecular formula is C18H21BrN2O2Si. The van der Waals surface area contributed by atoms with Crippen molar-refractivity contribution in [3.8, 4) is 6.07 Å². The Kier molecular flexibility index (Phi) is 5.19. The summed E-state index contributed by atoms with van der Waals surface area (Å²) in [7, 11) is -1.87. The molecule has 0 saturated heterocycles. The van der Waals surface area contributed by atoms with Crippen LogP contribution in [0.2, 0.25) is 19.6 Å². The van der Waals surface area contributed by atoms with E-state index in [-0.39, 0.29) is 5.91 Å². The Balaban J connectivity index is 2.40. The predicted molar refractivity (Wildman–Crippen MR) is 103 cm³/mol. The van der Waals surface area contributed by atoms with Crippen LogP contribution in [-0.2, 0) is 9.22 Å². The first-order valence-electron chi connectivity index (χ1n) is 7.67. The number of fused-ring (bicyclic) bond motifs is 1. The second kappa shape index (κ2) is 6.67. The van der Waals surface area contributed by atoms with Crippen LogP contribution in [0.5, 0.6) is 0 Å². The zero-order valence-corrected chi connectivity index (χ0v) is 17.1. The molecule has 0 spiro atoms. The quantitative estimate of drug-likeness (QED) is 0.575. The highest BCUT2D eigenvalue weighted by Crippen LogP contribution is 2.36. The molecule has 0 unspecified atom stereocenters. The molecule has 0 bridgehead atoms. The van der Waals surface area contributed by atoms with Crippen LogP contribution in [0.15, 0.2) is 40.4 Å². The van der Waals surface area contributed by atoms with Gasteiger partial charge in [0.05, 0.1) is 5.57 Å². The largest absolute Gasteiger partial charge is 0.397 e. The zero-order chi connectivity index (χ0) is 18.1. The number of allylic oxidation sites excluding steroid dienone is 2. The van der Waals surface area contributed by atoms with Gasteiger partial charge in [-0.3, -0.25) is 4.79 Å². The predicted octanol–water partition coefficient (Wildman–Crippen LogP) is 4.86. The average molecular weight is 405 g/mol. The van der Waals surface area contributed by atoms with Gasteiger partial charge in [0.15, 0.2) is 13.9 Å². The zero-order valence-electron chi connectivity index (χ0n) is 14.5. The molecule has 0 saturated carbocycles. The number of halogens is 1. The number of hydrogen-bond acceptors (Lipinski definition) is 3. The van der Waals surface area contributed by atoms with E-state index < -0.39 is 13.9 Å². The molecular weight excluding hydrogens is 384 g/mol. The number of nitrogens with one attached hydrogen (secondary N) is 1. The summed E-state index contributed by atoms with van der Waals surface area (Å²) in [6.07, 6.45) is 3.53. The fourth-order valence-corrected chi connectivity index (χ4v) is 4.38. The second-order valence-corrected chi connectivity index (χ2v) is 12.3. The first-order valence-corrected chi connectivity index (χ1v) is 11.9. The van der Waals surface area contributed by atoms with E-state index in [1.807, 2.05) is 44.8 Å². The molecule has 1 amide bonds. The van der Waals surface area contributed by atoms with Gasteiger partial charge in [0.1, 0.15) is 6.07 Å². The molecule has 4 nitrogen and oxygen atoms in total. The molecule has 1 aromatic carbocycles. The highest BCUT2D eigenvalue weighted by molar-refractivity contribution is 9.10. The van der Waals surface area contributed by atoms with Crippen LogP contribution in [0.4, 0.5) is 5.69 Å². The van der Waals surface area contributed by atoms with Crippen molar-refractivity contribution in [3.63, 3.8) is 0 Å². The number of hydrogen-bond donors (Lipinski definition) is 1. The third-order valence-corrected chi connectivity index (χ3v) is 5.04. The lowest BCUT2D eigenvalue weighted by Gasteiger charge is -2.27. The van der Waals surface area contributed by atoms with Gasteiger partial charge >= 0.3 is 0 Å². The molecule has 1 atom stereocenters. The van der Waals surface area contributed by atoms with Gasteiger partial charge in [-0.1, -0.05) is 22.0 Å². The summed E-state index contributed by atoms with van der Waals surface area (Å²) in [5, 5.41) is 12.3. The van der Waals surface area contributed by atoms with Crippen LogP contribution in [0.1, 0.15) is 19.4 Å². The number of rotatable bonds is 4. The Bertz CT molecular complexity index is 787. The minimum Gasteiger partial charge on any atom is -0.397 e. The van der Waals surface area contributed by atoms with Crippen molar-refractivity contribution in [1.29, 1.82) is 5.26 Å². The minimum absolute atomic E-state index is 0.130. The Morgan fingerprint density at radius 2 is 2.08 bits per heavy atom. The van der Waals surface area contributed by atoms with E-state index in [2.05, 4.69) is 27.3 Å². The van der Waals surface area contributed by atoms with Crippen LogP contribution in [0, 0.1) is 11.3 Å². The number of anilines is 1. The number of nitriles is 1. The van der Waals surface area contributed by atoms with E-state index in [1.54, 1.807) is 19.1 Å². The van der Waals surface area contributed by atoms with Crippen LogP contribution in [0.25, 0.3) is 5.57 Å². The van der Waals surface area contributed by atoms with Gasteiger partial charge in [-0.15, -0.1) is 0 Å². The van der Waals surface area contributed by atoms with Gasteiger partial charge in [-0.2, -0.15) is 5.26 Å². The molecule has 1 N–H and O–H groups in total. The van der Waals surface area contributed by atoms with Gasteiger partial charge in [-0.05, 0) is 63.3 Å². The number of carbonyl (C=O) groups excluding carboxylic acids is 1. The number of nitrogens with zero attached hydrogens (tertiary/aromatic N) is 1. The Morgan fingerprint density at radius 3 is 2.67 bits per heavy atom. The fraction of sp³-hybridized carbons (Fsp3) is 0.333. The summed E-state index contributed by atoms with van der Waals surface area (Å²) < 4.78 is 6.88. The maximum absolute atomic E-state index is 12.3. The van der Waals surface area contributed by atoms with Crippen molar-refractivity contribution >= 4 is 41.4 Å². The molecule has 1 aliphatic heterocycles. The number of amides is 1. The second-order valence-electron chi connectivity index (χ2n) is 6.97. The molecule has 0 aromatic heterocycles. The monoisotopic (exact) mass is 404 g/mol. The summed E-state index contributed by atoms with van der Waals surface area (Å²) in [6, 6.07) is 7.89. The number of benzene rings is 1. The van der Waals surface area contributed by atoms with Crippen molar-refractivity contribution in [3.05, 3.63) is 46.0 Å². The highest BCUT2D eigenvalue weighted by atomic mass is 79.9. The minimum atomic E-state index is -1.87. The van der Waals surface area contributed by atoms with Crippen LogP contribution in [-0.4, -0.2) is 19.8 Å². The van der Waals surface area contributed by atoms with Gasteiger partial charge in [0.2, 0.25) is 0 Å². The third kappa shape index (κ3) is 4.23. The summed E-state index contributed by atoms with van der Waals surface area (Å²) in [6.45, 7) is 9.74. The van der Waals surface area contributed by atoms with E-state index in [4.69, 9.17) is 4.43 Å². The molecule has 0 aliphatic carbocycles. The lowest BCUT2D eigenvalue weighted by atomic mass is 10.00. The van der Waals surface area contributed by atoms with Crippen LogP contribution >= 0.6 is 15.9 Å². The third-order valence-electron chi connectivity index (χ3n) is 3.51. The Morgan fingerprint density at radius 1 is 1.42 bits per heavy atom. The summed E-state index contributed by atoms with van der Waals surface area (Å²) >= 11 is 3.44. The maximum atomic E-state index is 12.3. The highest BCUT2D eigenvalue weighted by Gasteiger charge is 2.30. The van der Waals surface area contributed by atoms with Crippen LogP contribution in [0.3, 0.4) is 0 Å². The van der Waals surface area contributed by atoms with E-state index in [1.165, 1.54) is 0 Å².